The molecule has 0 amide bonds. The number of halogens is 3. The molecule has 27 heavy (non-hydrogen) atoms. The van der Waals surface area contributed by atoms with Gasteiger partial charge in [0.25, 0.3) is 0 Å². The van der Waals surface area contributed by atoms with Crippen LogP contribution in [0.2, 0.25) is 0 Å². The van der Waals surface area contributed by atoms with Crippen molar-refractivity contribution < 1.29 is 13.2 Å². The zero-order valence-electron chi connectivity index (χ0n) is 15.2. The summed E-state index contributed by atoms with van der Waals surface area (Å²) in [6, 6.07) is 18.4. The van der Waals surface area contributed by atoms with E-state index in [1.54, 1.807) is 12.1 Å². The maximum absolute atomic E-state index is 12.8. The second-order valence-electron chi connectivity index (χ2n) is 7.22. The third-order valence-corrected chi connectivity index (χ3v) is 5.31. The van der Waals surface area contributed by atoms with Crippen LogP contribution in [0.25, 0.3) is 22.3 Å². The van der Waals surface area contributed by atoms with Crippen LogP contribution in [0.1, 0.15) is 42.0 Å². The molecular formula is C24H21F3. The van der Waals surface area contributed by atoms with E-state index in [0.717, 1.165) is 36.1 Å². The molecule has 0 bridgehead atoms. The largest absolute Gasteiger partial charge is 0.416 e. The molecule has 1 aliphatic rings. The zero-order chi connectivity index (χ0) is 19.0. The molecule has 0 radical (unpaired) electrons. The third-order valence-electron chi connectivity index (χ3n) is 5.31. The topological polar surface area (TPSA) is 0 Å². The number of benzene rings is 3. The Hall–Kier alpha value is -2.55. The number of alkyl halides is 3. The number of fused-ring (bicyclic) bond motifs is 3. The molecule has 0 saturated carbocycles. The van der Waals surface area contributed by atoms with Crippen LogP contribution in [0.5, 0.6) is 0 Å². The van der Waals surface area contributed by atoms with Crippen molar-refractivity contribution in [2.75, 3.05) is 0 Å². The van der Waals surface area contributed by atoms with E-state index in [2.05, 4.69) is 37.3 Å². The first-order chi connectivity index (χ1) is 13.0. The Balaban J connectivity index is 1.62. The molecule has 0 fully saturated rings. The molecule has 0 atom stereocenters. The summed E-state index contributed by atoms with van der Waals surface area (Å²) in [7, 11) is 0. The average molecular weight is 366 g/mol. The quantitative estimate of drug-likeness (QED) is 0.356. The van der Waals surface area contributed by atoms with Crippen molar-refractivity contribution in [3.8, 4) is 22.3 Å². The van der Waals surface area contributed by atoms with Crippen LogP contribution in [0, 0.1) is 0 Å². The lowest BCUT2D eigenvalue weighted by atomic mass is 9.98. The Morgan fingerprint density at radius 1 is 0.778 bits per heavy atom. The van der Waals surface area contributed by atoms with E-state index in [-0.39, 0.29) is 0 Å². The third kappa shape index (κ3) is 3.51. The maximum Gasteiger partial charge on any atom is 0.416 e. The van der Waals surface area contributed by atoms with Gasteiger partial charge in [0.2, 0.25) is 0 Å². The van der Waals surface area contributed by atoms with Crippen LogP contribution in [0.4, 0.5) is 13.2 Å². The predicted octanol–water partition coefficient (Wildman–Crippen LogP) is 7.29. The van der Waals surface area contributed by atoms with E-state index in [4.69, 9.17) is 0 Å². The molecule has 0 unspecified atom stereocenters. The Bertz CT molecular complexity index is 966. The average Bonchev–Trinajstić information content (AvgIpc) is 3.02. The molecule has 4 rings (SSSR count). The molecule has 0 heterocycles. The Morgan fingerprint density at radius 3 is 2.07 bits per heavy atom. The number of hydrogen-bond donors (Lipinski definition) is 0. The molecule has 0 N–H and O–H groups in total. The van der Waals surface area contributed by atoms with Gasteiger partial charge in [0.05, 0.1) is 5.56 Å². The van der Waals surface area contributed by atoms with Crippen molar-refractivity contribution in [1.29, 1.82) is 0 Å². The highest BCUT2D eigenvalue weighted by atomic mass is 19.4. The number of rotatable bonds is 4. The van der Waals surface area contributed by atoms with E-state index in [9.17, 15) is 13.2 Å². The van der Waals surface area contributed by atoms with Crippen LogP contribution in [-0.2, 0) is 19.0 Å². The van der Waals surface area contributed by atoms with E-state index in [1.807, 2.05) is 6.07 Å². The standard InChI is InChI=1S/C24H21F3/c1-2-3-4-16-5-11-22-19(13-16)15-20-14-18(8-12-23(20)22)17-6-9-21(10-7-17)24(25,26)27/h5-14H,2-4,15H2,1H3. The summed E-state index contributed by atoms with van der Waals surface area (Å²) in [6.07, 6.45) is 0.0846. The maximum atomic E-state index is 12.8. The van der Waals surface area contributed by atoms with Crippen molar-refractivity contribution in [1.82, 2.24) is 0 Å². The van der Waals surface area contributed by atoms with Crippen molar-refractivity contribution in [3.05, 3.63) is 82.9 Å². The summed E-state index contributed by atoms with van der Waals surface area (Å²) >= 11 is 0. The monoisotopic (exact) mass is 366 g/mol. The molecule has 3 aromatic rings. The zero-order valence-corrected chi connectivity index (χ0v) is 15.2. The van der Waals surface area contributed by atoms with Gasteiger partial charge in [-0.25, -0.2) is 0 Å². The molecule has 3 heteroatoms. The minimum atomic E-state index is -4.30. The van der Waals surface area contributed by atoms with E-state index in [1.165, 1.54) is 40.7 Å². The van der Waals surface area contributed by atoms with Gasteiger partial charge in [-0.2, -0.15) is 13.2 Å². The predicted molar refractivity (Wildman–Crippen MR) is 104 cm³/mol. The summed E-state index contributed by atoms with van der Waals surface area (Å²) in [5, 5.41) is 0. The Morgan fingerprint density at radius 2 is 1.41 bits per heavy atom. The van der Waals surface area contributed by atoms with Crippen LogP contribution in [-0.4, -0.2) is 0 Å². The summed E-state index contributed by atoms with van der Waals surface area (Å²) in [4.78, 5) is 0. The summed E-state index contributed by atoms with van der Waals surface area (Å²) in [6.45, 7) is 2.20. The van der Waals surface area contributed by atoms with Crippen molar-refractivity contribution in [3.63, 3.8) is 0 Å². The van der Waals surface area contributed by atoms with Gasteiger partial charge in [-0.15, -0.1) is 0 Å². The molecule has 3 aromatic carbocycles. The van der Waals surface area contributed by atoms with Crippen molar-refractivity contribution in [2.24, 2.45) is 0 Å². The lowest BCUT2D eigenvalue weighted by molar-refractivity contribution is -0.137. The molecule has 138 valence electrons. The normalized spacial score (nSPS) is 12.7. The Kier molecular flexibility index (Phi) is 4.55. The molecule has 0 aromatic heterocycles. The number of unbranched alkanes of at least 4 members (excludes halogenated alkanes) is 1. The fraction of sp³-hybridized carbons (Fsp3) is 0.250. The SMILES string of the molecule is CCCCc1ccc2c(c1)Cc1cc(-c3ccc(C(F)(F)F)cc3)ccc1-2. The first-order valence-corrected chi connectivity index (χ1v) is 9.38. The van der Waals surface area contributed by atoms with Gasteiger partial charge in [-0.3, -0.25) is 0 Å². The van der Waals surface area contributed by atoms with Gasteiger partial charge in [0.15, 0.2) is 0 Å². The highest BCUT2D eigenvalue weighted by Gasteiger charge is 2.30. The highest BCUT2D eigenvalue weighted by molar-refractivity contribution is 5.80. The molecule has 1 aliphatic carbocycles. The van der Waals surface area contributed by atoms with Crippen molar-refractivity contribution in [2.45, 2.75) is 38.8 Å². The van der Waals surface area contributed by atoms with Gasteiger partial charge >= 0.3 is 6.18 Å². The molecule has 0 saturated heterocycles. The van der Waals surface area contributed by atoms with Gasteiger partial charge in [-0.05, 0) is 70.3 Å². The lowest BCUT2D eigenvalue weighted by Gasteiger charge is -2.09. The van der Waals surface area contributed by atoms with Gasteiger partial charge in [-0.1, -0.05) is 61.9 Å². The van der Waals surface area contributed by atoms with Crippen LogP contribution >= 0.6 is 0 Å². The van der Waals surface area contributed by atoms with Crippen LogP contribution < -0.4 is 0 Å². The lowest BCUT2D eigenvalue weighted by Crippen LogP contribution is -2.03. The van der Waals surface area contributed by atoms with Gasteiger partial charge in [0.1, 0.15) is 0 Å². The van der Waals surface area contributed by atoms with Crippen molar-refractivity contribution >= 4 is 0 Å². The number of hydrogen-bond acceptors (Lipinski definition) is 0. The first-order valence-electron chi connectivity index (χ1n) is 9.38. The second-order valence-corrected chi connectivity index (χ2v) is 7.22. The van der Waals surface area contributed by atoms with Crippen LogP contribution in [0.15, 0.2) is 60.7 Å². The fourth-order valence-corrected chi connectivity index (χ4v) is 3.83. The van der Waals surface area contributed by atoms with Gasteiger partial charge in [0, 0.05) is 0 Å². The summed E-state index contributed by atoms with van der Waals surface area (Å²) in [5.74, 6) is 0. The Labute approximate surface area is 157 Å². The molecular weight excluding hydrogens is 345 g/mol. The summed E-state index contributed by atoms with van der Waals surface area (Å²) < 4.78 is 38.3. The molecule has 0 nitrogen and oxygen atoms in total. The minimum Gasteiger partial charge on any atom is -0.166 e. The van der Waals surface area contributed by atoms with E-state index >= 15 is 0 Å². The van der Waals surface area contributed by atoms with Crippen LogP contribution in [0.3, 0.4) is 0 Å². The fourth-order valence-electron chi connectivity index (χ4n) is 3.83. The van der Waals surface area contributed by atoms with E-state index < -0.39 is 11.7 Å². The van der Waals surface area contributed by atoms with E-state index in [0.29, 0.717) is 0 Å². The smallest absolute Gasteiger partial charge is 0.166 e. The molecule has 0 spiro atoms. The first kappa shape index (κ1) is 17.8. The number of aryl methyl sites for hydroxylation is 1. The highest BCUT2D eigenvalue weighted by Crippen LogP contribution is 2.39. The minimum absolute atomic E-state index is 0.612. The molecule has 0 aliphatic heterocycles. The summed E-state index contributed by atoms with van der Waals surface area (Å²) in [5.41, 5.74) is 7.66. The van der Waals surface area contributed by atoms with Gasteiger partial charge < -0.3 is 0 Å². The second kappa shape index (κ2) is 6.88.